The topological polar surface area (TPSA) is 58.6 Å². The van der Waals surface area contributed by atoms with Crippen molar-refractivity contribution >= 4 is 52.4 Å². The molecule has 0 saturated carbocycles. The molecule has 1 aromatic heterocycles. The molecular formula is C20H25ClN2O3S2. The molecule has 2 aromatic rings. The van der Waals surface area contributed by atoms with Gasteiger partial charge in [0.25, 0.3) is 5.91 Å². The first kappa shape index (κ1) is 22.7. The van der Waals surface area contributed by atoms with E-state index in [-0.39, 0.29) is 24.3 Å². The average molecular weight is 441 g/mol. The van der Waals surface area contributed by atoms with E-state index in [1.807, 2.05) is 24.3 Å². The van der Waals surface area contributed by atoms with Gasteiger partial charge in [0.1, 0.15) is 5.00 Å². The molecular weight excluding hydrogens is 416 g/mol. The Kier molecular flexibility index (Phi) is 8.37. The molecule has 0 aliphatic carbocycles. The molecule has 1 amide bonds. The molecule has 0 unspecified atom stereocenters. The molecule has 1 N–H and O–H groups in total. The smallest absolute Gasteiger partial charge is 0.341 e. The summed E-state index contributed by atoms with van der Waals surface area (Å²) < 4.78 is 4.98. The van der Waals surface area contributed by atoms with Gasteiger partial charge in [-0.2, -0.15) is 0 Å². The lowest BCUT2D eigenvalue weighted by Crippen LogP contribution is -2.29. The second kappa shape index (κ2) is 10.3. The summed E-state index contributed by atoms with van der Waals surface area (Å²) in [6, 6.07) is 7.53. The third kappa shape index (κ3) is 4.89. The number of rotatable bonds is 6. The number of thioether (sulfide) groups is 1. The normalized spacial score (nSPS) is 13.4. The maximum absolute atomic E-state index is 12.7. The Morgan fingerprint density at radius 2 is 1.96 bits per heavy atom. The van der Waals surface area contributed by atoms with E-state index < -0.39 is 0 Å². The van der Waals surface area contributed by atoms with Gasteiger partial charge in [-0.15, -0.1) is 35.5 Å². The maximum atomic E-state index is 12.7. The van der Waals surface area contributed by atoms with Crippen LogP contribution >= 0.6 is 35.5 Å². The average Bonchev–Trinajstić information content (AvgIpc) is 3.04. The van der Waals surface area contributed by atoms with Crippen LogP contribution in [-0.2, 0) is 17.7 Å². The van der Waals surface area contributed by atoms with E-state index in [4.69, 9.17) is 4.74 Å². The minimum absolute atomic E-state index is 0. The van der Waals surface area contributed by atoms with Crippen molar-refractivity contribution in [1.82, 2.24) is 4.90 Å². The summed E-state index contributed by atoms with van der Waals surface area (Å²) in [5, 5.41) is 3.52. The summed E-state index contributed by atoms with van der Waals surface area (Å²) in [7, 11) is 1.38. The van der Waals surface area contributed by atoms with Crippen LogP contribution in [0.3, 0.4) is 0 Å². The molecule has 8 heteroatoms. The number of nitrogens with zero attached hydrogens (tertiary/aromatic N) is 1. The fraction of sp³-hybridized carbons (Fsp3) is 0.400. The number of hydrogen-bond acceptors (Lipinski definition) is 6. The van der Waals surface area contributed by atoms with Gasteiger partial charge in [0.05, 0.1) is 12.7 Å². The standard InChI is InChI=1S/C20H24N2O3S2.ClH/c1-4-22-11-10-15-16(12-22)27-19(17(15)20(24)25-3)21-18(23)13-6-8-14(9-7-13)26-5-2;/h6-9H,4-5,10-12H2,1-3H3,(H,21,23);1H. The molecule has 1 aromatic carbocycles. The Hall–Kier alpha value is -1.54. The van der Waals surface area contributed by atoms with Gasteiger partial charge in [0.15, 0.2) is 0 Å². The van der Waals surface area contributed by atoms with Crippen LogP contribution in [0.2, 0.25) is 0 Å². The van der Waals surface area contributed by atoms with Gasteiger partial charge in [-0.05, 0) is 48.5 Å². The molecule has 0 bridgehead atoms. The van der Waals surface area contributed by atoms with Gasteiger partial charge in [0.2, 0.25) is 0 Å². The van der Waals surface area contributed by atoms with Crippen LogP contribution in [0.5, 0.6) is 0 Å². The first-order chi connectivity index (χ1) is 13.1. The third-order valence-electron chi connectivity index (χ3n) is 4.63. The van der Waals surface area contributed by atoms with E-state index in [0.717, 1.165) is 47.1 Å². The number of nitrogens with one attached hydrogen (secondary N) is 1. The van der Waals surface area contributed by atoms with Crippen molar-refractivity contribution in [2.24, 2.45) is 0 Å². The number of hydrogen-bond donors (Lipinski definition) is 1. The highest BCUT2D eigenvalue weighted by Crippen LogP contribution is 2.37. The van der Waals surface area contributed by atoms with Gasteiger partial charge in [-0.1, -0.05) is 13.8 Å². The SMILES string of the molecule is CCSc1ccc(C(=O)Nc2sc3c(c2C(=O)OC)CCN(CC)C3)cc1.Cl. The molecule has 0 spiro atoms. The summed E-state index contributed by atoms with van der Waals surface area (Å²) in [6.45, 7) is 6.91. The van der Waals surface area contributed by atoms with Crippen LogP contribution in [0.25, 0.3) is 0 Å². The minimum atomic E-state index is -0.387. The van der Waals surface area contributed by atoms with Gasteiger partial charge < -0.3 is 10.1 Å². The fourth-order valence-corrected chi connectivity index (χ4v) is 5.11. The number of methoxy groups -OCH3 is 1. The van der Waals surface area contributed by atoms with Crippen LogP contribution in [0, 0.1) is 0 Å². The van der Waals surface area contributed by atoms with E-state index in [0.29, 0.717) is 16.1 Å². The van der Waals surface area contributed by atoms with Crippen molar-refractivity contribution in [1.29, 1.82) is 0 Å². The number of carbonyl (C=O) groups excluding carboxylic acids is 2. The van der Waals surface area contributed by atoms with E-state index in [9.17, 15) is 9.59 Å². The van der Waals surface area contributed by atoms with Gasteiger partial charge >= 0.3 is 5.97 Å². The van der Waals surface area contributed by atoms with Crippen molar-refractivity contribution in [3.8, 4) is 0 Å². The number of ether oxygens (including phenoxy) is 1. The molecule has 1 aliphatic heterocycles. The first-order valence-corrected chi connectivity index (χ1v) is 10.9. The fourth-order valence-electron chi connectivity index (χ4n) is 3.18. The zero-order valence-electron chi connectivity index (χ0n) is 16.2. The highest BCUT2D eigenvalue weighted by Gasteiger charge is 2.29. The number of amides is 1. The molecule has 0 radical (unpaired) electrons. The summed E-state index contributed by atoms with van der Waals surface area (Å²) in [6.07, 6.45) is 0.795. The molecule has 2 heterocycles. The lowest BCUT2D eigenvalue weighted by molar-refractivity contribution is 0.0600. The van der Waals surface area contributed by atoms with Crippen LogP contribution in [0.1, 0.15) is 45.0 Å². The van der Waals surface area contributed by atoms with Crippen molar-refractivity contribution < 1.29 is 14.3 Å². The van der Waals surface area contributed by atoms with E-state index in [1.54, 1.807) is 11.8 Å². The van der Waals surface area contributed by atoms with Crippen LogP contribution in [0.15, 0.2) is 29.2 Å². The minimum Gasteiger partial charge on any atom is -0.465 e. The molecule has 0 atom stereocenters. The van der Waals surface area contributed by atoms with E-state index in [1.165, 1.54) is 18.4 Å². The molecule has 1 aliphatic rings. The maximum Gasteiger partial charge on any atom is 0.341 e. The van der Waals surface area contributed by atoms with Crippen LogP contribution in [0.4, 0.5) is 5.00 Å². The molecule has 28 heavy (non-hydrogen) atoms. The molecule has 152 valence electrons. The lowest BCUT2D eigenvalue weighted by Gasteiger charge is -2.25. The monoisotopic (exact) mass is 440 g/mol. The Bertz CT molecular complexity index is 837. The van der Waals surface area contributed by atoms with Gasteiger partial charge in [-0.3, -0.25) is 9.69 Å². The van der Waals surface area contributed by atoms with E-state index >= 15 is 0 Å². The molecule has 3 rings (SSSR count). The number of likely N-dealkylation sites (N-methyl/N-ethyl adjacent to an activating group) is 1. The summed E-state index contributed by atoms with van der Waals surface area (Å²) in [5.74, 6) is 0.394. The van der Waals surface area contributed by atoms with Crippen molar-refractivity contribution in [3.05, 3.63) is 45.8 Å². The van der Waals surface area contributed by atoms with Crippen molar-refractivity contribution in [2.75, 3.05) is 31.3 Å². The molecule has 0 fully saturated rings. The molecule has 5 nitrogen and oxygen atoms in total. The zero-order chi connectivity index (χ0) is 19.4. The Balaban J connectivity index is 0.00000280. The second-order valence-corrected chi connectivity index (χ2v) is 8.67. The predicted octanol–water partition coefficient (Wildman–Crippen LogP) is 4.70. The number of fused-ring (bicyclic) bond motifs is 1. The first-order valence-electron chi connectivity index (χ1n) is 9.06. The summed E-state index contributed by atoms with van der Waals surface area (Å²) in [5.41, 5.74) is 2.11. The van der Waals surface area contributed by atoms with Gasteiger partial charge in [0, 0.05) is 28.4 Å². The number of esters is 1. The highest BCUT2D eigenvalue weighted by molar-refractivity contribution is 7.99. The molecule has 0 saturated heterocycles. The highest BCUT2D eigenvalue weighted by atomic mass is 35.5. The van der Waals surface area contributed by atoms with E-state index in [2.05, 4.69) is 24.1 Å². The predicted molar refractivity (Wildman–Crippen MR) is 118 cm³/mol. The summed E-state index contributed by atoms with van der Waals surface area (Å²) in [4.78, 5) is 29.7. The third-order valence-corrected chi connectivity index (χ3v) is 6.65. The number of thiophene rings is 1. The van der Waals surface area contributed by atoms with Crippen LogP contribution < -0.4 is 5.32 Å². The quantitative estimate of drug-likeness (QED) is 0.521. The Labute approximate surface area is 180 Å². The largest absolute Gasteiger partial charge is 0.465 e. The Morgan fingerprint density at radius 1 is 1.25 bits per heavy atom. The van der Waals surface area contributed by atoms with Crippen molar-refractivity contribution in [2.45, 2.75) is 31.7 Å². The zero-order valence-corrected chi connectivity index (χ0v) is 18.7. The number of benzene rings is 1. The number of carbonyl (C=O) groups is 2. The van der Waals surface area contributed by atoms with Gasteiger partial charge in [-0.25, -0.2) is 4.79 Å². The Morgan fingerprint density at radius 3 is 2.57 bits per heavy atom. The number of halogens is 1. The van der Waals surface area contributed by atoms with Crippen LogP contribution in [-0.4, -0.2) is 42.7 Å². The van der Waals surface area contributed by atoms with Crippen molar-refractivity contribution in [3.63, 3.8) is 0 Å². The lowest BCUT2D eigenvalue weighted by atomic mass is 10.0. The number of anilines is 1. The summed E-state index contributed by atoms with van der Waals surface area (Å²) >= 11 is 3.21. The second-order valence-electron chi connectivity index (χ2n) is 6.23.